The molecule has 74 valence electrons. The second kappa shape index (κ2) is 4.17. The molecule has 3 heteroatoms. The lowest BCUT2D eigenvalue weighted by Crippen LogP contribution is -2.31. The van der Waals surface area contributed by atoms with Crippen molar-refractivity contribution in [1.82, 2.24) is 5.32 Å². The van der Waals surface area contributed by atoms with E-state index in [9.17, 15) is 8.78 Å². The van der Waals surface area contributed by atoms with E-state index in [2.05, 4.69) is 5.32 Å². The van der Waals surface area contributed by atoms with Crippen molar-refractivity contribution >= 4 is 0 Å². The molecule has 0 amide bonds. The smallest absolute Gasteiger partial charge is 0.260 e. The Morgan fingerprint density at radius 1 is 1.08 bits per heavy atom. The van der Waals surface area contributed by atoms with Crippen molar-refractivity contribution in [1.29, 1.82) is 0 Å². The van der Waals surface area contributed by atoms with Gasteiger partial charge in [0.05, 0.1) is 6.54 Å². The van der Waals surface area contributed by atoms with Gasteiger partial charge in [-0.25, -0.2) is 8.78 Å². The molecule has 0 bridgehead atoms. The lowest BCUT2D eigenvalue weighted by atomic mass is 9.89. The third-order valence-electron chi connectivity index (χ3n) is 1.68. The molecule has 0 aliphatic rings. The van der Waals surface area contributed by atoms with Crippen LogP contribution in [0, 0.1) is 5.41 Å². The van der Waals surface area contributed by atoms with E-state index in [1.165, 1.54) is 0 Å². The molecule has 0 aromatic heterocycles. The van der Waals surface area contributed by atoms with Gasteiger partial charge < -0.3 is 5.32 Å². The van der Waals surface area contributed by atoms with Gasteiger partial charge in [-0.3, -0.25) is 0 Å². The highest BCUT2D eigenvalue weighted by Gasteiger charge is 2.29. The molecule has 0 saturated carbocycles. The molecule has 0 heterocycles. The van der Waals surface area contributed by atoms with E-state index in [1.54, 1.807) is 7.05 Å². The highest BCUT2D eigenvalue weighted by atomic mass is 19.3. The predicted octanol–water partition coefficient (Wildman–Crippen LogP) is 2.67. The van der Waals surface area contributed by atoms with Gasteiger partial charge >= 0.3 is 0 Å². The summed E-state index contributed by atoms with van der Waals surface area (Å²) in [6, 6.07) is 0. The van der Waals surface area contributed by atoms with Crippen molar-refractivity contribution in [2.24, 2.45) is 5.41 Å². The van der Waals surface area contributed by atoms with E-state index in [1.807, 2.05) is 20.8 Å². The van der Waals surface area contributed by atoms with E-state index < -0.39 is 5.92 Å². The fraction of sp³-hybridized carbons (Fsp3) is 1.00. The molecule has 0 aromatic rings. The topological polar surface area (TPSA) is 12.0 Å². The van der Waals surface area contributed by atoms with E-state index in [0.717, 1.165) is 0 Å². The Morgan fingerprint density at radius 2 is 1.58 bits per heavy atom. The van der Waals surface area contributed by atoms with Crippen molar-refractivity contribution in [2.75, 3.05) is 13.6 Å². The molecule has 0 spiro atoms. The van der Waals surface area contributed by atoms with Crippen LogP contribution in [0.3, 0.4) is 0 Å². The Kier molecular flexibility index (Phi) is 4.11. The minimum absolute atomic E-state index is 0.00281. The zero-order chi connectivity index (χ0) is 9.83. The van der Waals surface area contributed by atoms with Crippen LogP contribution in [0.15, 0.2) is 0 Å². The van der Waals surface area contributed by atoms with Gasteiger partial charge in [0.1, 0.15) is 0 Å². The molecule has 12 heavy (non-hydrogen) atoms. The highest BCUT2D eigenvalue weighted by Crippen LogP contribution is 2.28. The normalized spacial score (nSPS) is 13.5. The maximum absolute atomic E-state index is 12.9. The molecular formula is C9H19F2N. The molecule has 0 aliphatic carbocycles. The molecule has 1 N–H and O–H groups in total. The van der Waals surface area contributed by atoms with Crippen LogP contribution in [0.2, 0.25) is 0 Å². The maximum Gasteiger partial charge on any atom is 0.260 e. The van der Waals surface area contributed by atoms with E-state index in [0.29, 0.717) is 6.42 Å². The molecule has 0 atom stereocenters. The number of halogens is 2. The summed E-state index contributed by atoms with van der Waals surface area (Å²) in [5.74, 6) is -2.55. The molecule has 0 saturated heterocycles. The van der Waals surface area contributed by atoms with Gasteiger partial charge in [0.2, 0.25) is 0 Å². The molecule has 0 radical (unpaired) electrons. The monoisotopic (exact) mass is 179 g/mol. The first kappa shape index (κ1) is 11.8. The minimum Gasteiger partial charge on any atom is -0.314 e. The second-order valence-corrected chi connectivity index (χ2v) is 4.45. The van der Waals surface area contributed by atoms with Crippen LogP contribution in [0.1, 0.15) is 33.6 Å². The third-order valence-corrected chi connectivity index (χ3v) is 1.68. The van der Waals surface area contributed by atoms with Crippen LogP contribution in [-0.2, 0) is 0 Å². The van der Waals surface area contributed by atoms with Gasteiger partial charge in [-0.1, -0.05) is 20.8 Å². The molecule has 0 aromatic carbocycles. The quantitative estimate of drug-likeness (QED) is 0.699. The Balaban J connectivity index is 3.75. The summed E-state index contributed by atoms with van der Waals surface area (Å²) in [6.07, 6.45) is 0.527. The predicted molar refractivity (Wildman–Crippen MR) is 47.6 cm³/mol. The maximum atomic E-state index is 12.9. The van der Waals surface area contributed by atoms with E-state index in [-0.39, 0.29) is 18.4 Å². The van der Waals surface area contributed by atoms with Crippen LogP contribution in [0.25, 0.3) is 0 Å². The summed E-state index contributed by atoms with van der Waals surface area (Å²) >= 11 is 0. The molecule has 0 fully saturated rings. The summed E-state index contributed by atoms with van der Waals surface area (Å²) in [7, 11) is 1.55. The fourth-order valence-corrected chi connectivity index (χ4v) is 0.905. The number of nitrogens with one attached hydrogen (secondary N) is 1. The molecule has 0 rings (SSSR count). The Labute approximate surface area is 73.5 Å². The van der Waals surface area contributed by atoms with Gasteiger partial charge in [0, 0.05) is 6.42 Å². The van der Waals surface area contributed by atoms with Crippen molar-refractivity contribution < 1.29 is 8.78 Å². The Bertz CT molecular complexity index is 127. The minimum atomic E-state index is -2.55. The van der Waals surface area contributed by atoms with Crippen LogP contribution in [0.5, 0.6) is 0 Å². The highest BCUT2D eigenvalue weighted by molar-refractivity contribution is 4.72. The van der Waals surface area contributed by atoms with Gasteiger partial charge in [-0.2, -0.15) is 0 Å². The van der Waals surface area contributed by atoms with Crippen LogP contribution in [0.4, 0.5) is 8.78 Å². The number of hydrogen-bond acceptors (Lipinski definition) is 1. The Morgan fingerprint density at radius 3 is 1.92 bits per heavy atom. The first-order valence-electron chi connectivity index (χ1n) is 4.29. The zero-order valence-electron chi connectivity index (χ0n) is 8.38. The van der Waals surface area contributed by atoms with Crippen LogP contribution < -0.4 is 5.32 Å². The number of rotatable bonds is 4. The average molecular weight is 179 g/mol. The second-order valence-electron chi connectivity index (χ2n) is 4.45. The van der Waals surface area contributed by atoms with E-state index >= 15 is 0 Å². The lowest BCUT2D eigenvalue weighted by molar-refractivity contribution is -0.0140. The molecule has 0 aliphatic heterocycles. The SMILES string of the molecule is CNCC(F)(F)CCC(C)(C)C. The number of hydrogen-bond donors (Lipinski definition) is 1. The average Bonchev–Trinajstić information content (AvgIpc) is 1.83. The zero-order valence-corrected chi connectivity index (χ0v) is 8.38. The van der Waals surface area contributed by atoms with Crippen molar-refractivity contribution in [3.63, 3.8) is 0 Å². The van der Waals surface area contributed by atoms with Crippen molar-refractivity contribution in [3.8, 4) is 0 Å². The standard InChI is InChI=1S/C9H19F2N/c1-8(2,3)5-6-9(10,11)7-12-4/h12H,5-7H2,1-4H3. The number of alkyl halides is 2. The van der Waals surface area contributed by atoms with Gasteiger partial charge in [-0.05, 0) is 18.9 Å². The van der Waals surface area contributed by atoms with Crippen molar-refractivity contribution in [2.45, 2.75) is 39.5 Å². The summed E-state index contributed by atoms with van der Waals surface area (Å²) in [5.41, 5.74) is -0.00281. The van der Waals surface area contributed by atoms with Gasteiger partial charge in [-0.15, -0.1) is 0 Å². The third kappa shape index (κ3) is 6.53. The molecular weight excluding hydrogens is 160 g/mol. The summed E-state index contributed by atoms with van der Waals surface area (Å²) in [6.45, 7) is 5.70. The Hall–Kier alpha value is -0.180. The summed E-state index contributed by atoms with van der Waals surface area (Å²) < 4.78 is 25.8. The van der Waals surface area contributed by atoms with Crippen LogP contribution >= 0.6 is 0 Å². The van der Waals surface area contributed by atoms with Gasteiger partial charge in [0.25, 0.3) is 5.92 Å². The summed E-state index contributed by atoms with van der Waals surface area (Å²) in [4.78, 5) is 0. The first-order chi connectivity index (χ1) is 5.27. The van der Waals surface area contributed by atoms with Gasteiger partial charge in [0.15, 0.2) is 0 Å². The fourth-order valence-electron chi connectivity index (χ4n) is 0.905. The van der Waals surface area contributed by atoms with Crippen molar-refractivity contribution in [3.05, 3.63) is 0 Å². The molecule has 1 nitrogen and oxygen atoms in total. The largest absolute Gasteiger partial charge is 0.314 e. The molecule has 0 unspecified atom stereocenters. The van der Waals surface area contributed by atoms with Crippen LogP contribution in [-0.4, -0.2) is 19.5 Å². The van der Waals surface area contributed by atoms with E-state index in [4.69, 9.17) is 0 Å². The summed E-state index contributed by atoms with van der Waals surface area (Å²) in [5, 5.41) is 2.49. The first-order valence-corrected chi connectivity index (χ1v) is 4.29. The lowest BCUT2D eigenvalue weighted by Gasteiger charge is -2.22.